The molecule has 1 rings (SSSR count). The standard InChI is InChI=1S/C4H3NO3S/c6-3-1-2-5(9-3)4(7)8/h1-2H,(H,7,8). The molecule has 48 valence electrons. The smallest absolute Gasteiger partial charge is 0.425 e. The summed E-state index contributed by atoms with van der Waals surface area (Å²) in [7, 11) is 0. The number of aromatic nitrogens is 1. The fraction of sp³-hybridized carbons (Fsp3) is 0. The van der Waals surface area contributed by atoms with Crippen molar-refractivity contribution in [2.75, 3.05) is 0 Å². The van der Waals surface area contributed by atoms with E-state index in [1.165, 1.54) is 12.3 Å². The van der Waals surface area contributed by atoms with E-state index in [9.17, 15) is 9.59 Å². The molecule has 1 aromatic rings. The highest BCUT2D eigenvalue weighted by Crippen LogP contribution is 1.88. The molecule has 0 aliphatic heterocycles. The molecule has 1 heterocycles. The second-order valence-electron chi connectivity index (χ2n) is 1.33. The van der Waals surface area contributed by atoms with Crippen LogP contribution in [0.25, 0.3) is 0 Å². The van der Waals surface area contributed by atoms with E-state index < -0.39 is 6.09 Å². The first-order valence-electron chi connectivity index (χ1n) is 2.12. The van der Waals surface area contributed by atoms with Gasteiger partial charge in [-0.25, -0.2) is 8.75 Å². The van der Waals surface area contributed by atoms with Crippen LogP contribution in [0.3, 0.4) is 0 Å². The summed E-state index contributed by atoms with van der Waals surface area (Å²) in [6.45, 7) is 0. The van der Waals surface area contributed by atoms with Crippen LogP contribution in [0.5, 0.6) is 0 Å². The van der Waals surface area contributed by atoms with Gasteiger partial charge in [-0.1, -0.05) is 0 Å². The molecule has 1 N–H and O–H groups in total. The van der Waals surface area contributed by atoms with Crippen LogP contribution in [0.1, 0.15) is 0 Å². The Labute approximate surface area is 54.1 Å². The Morgan fingerprint density at radius 3 is 2.67 bits per heavy atom. The number of hydrogen-bond acceptors (Lipinski definition) is 3. The first-order chi connectivity index (χ1) is 4.20. The fourth-order valence-corrected chi connectivity index (χ4v) is 0.905. The van der Waals surface area contributed by atoms with Crippen molar-refractivity contribution in [3.05, 3.63) is 21.8 Å². The SMILES string of the molecule is O=C(O)n1ccc(=O)s1. The van der Waals surface area contributed by atoms with Gasteiger partial charge in [0.15, 0.2) is 0 Å². The van der Waals surface area contributed by atoms with Crippen LogP contribution in [0.2, 0.25) is 0 Å². The maximum Gasteiger partial charge on any atom is 0.425 e. The van der Waals surface area contributed by atoms with E-state index in [1.807, 2.05) is 0 Å². The van der Waals surface area contributed by atoms with Gasteiger partial charge in [-0.05, 0) is 11.5 Å². The van der Waals surface area contributed by atoms with Gasteiger partial charge >= 0.3 is 6.09 Å². The predicted molar refractivity (Wildman–Crippen MR) is 32.0 cm³/mol. The van der Waals surface area contributed by atoms with Gasteiger partial charge in [-0.3, -0.25) is 4.79 Å². The van der Waals surface area contributed by atoms with Gasteiger partial charge in [0.2, 0.25) is 4.74 Å². The number of hydrogen-bond donors (Lipinski definition) is 1. The first kappa shape index (κ1) is 6.03. The molecule has 1 aromatic heterocycles. The molecule has 0 fully saturated rings. The molecule has 0 aliphatic carbocycles. The van der Waals surface area contributed by atoms with Gasteiger partial charge in [0.05, 0.1) is 0 Å². The van der Waals surface area contributed by atoms with E-state index in [1.54, 1.807) is 0 Å². The zero-order chi connectivity index (χ0) is 6.85. The Balaban J connectivity index is 3.12. The molecule has 0 aromatic carbocycles. The Bertz CT molecular complexity index is 273. The minimum Gasteiger partial charge on any atom is -0.464 e. The van der Waals surface area contributed by atoms with Crippen LogP contribution in [0.4, 0.5) is 4.79 Å². The van der Waals surface area contributed by atoms with Gasteiger partial charge in [0.1, 0.15) is 0 Å². The summed E-state index contributed by atoms with van der Waals surface area (Å²) in [6.07, 6.45) is 0.0945. The van der Waals surface area contributed by atoms with Gasteiger partial charge in [0, 0.05) is 12.3 Å². The van der Waals surface area contributed by atoms with Crippen molar-refractivity contribution in [2.45, 2.75) is 0 Å². The molecule has 5 heteroatoms. The molecule has 0 unspecified atom stereocenters. The Morgan fingerprint density at radius 2 is 2.44 bits per heavy atom. The van der Waals surface area contributed by atoms with E-state index in [0.29, 0.717) is 11.5 Å². The van der Waals surface area contributed by atoms with Crippen molar-refractivity contribution in [2.24, 2.45) is 0 Å². The highest BCUT2D eigenvalue weighted by molar-refractivity contribution is 7.04. The van der Waals surface area contributed by atoms with Crippen molar-refractivity contribution in [1.82, 2.24) is 3.96 Å². The second-order valence-corrected chi connectivity index (χ2v) is 2.31. The molecule has 0 saturated carbocycles. The number of carbonyl (C=O) groups is 1. The van der Waals surface area contributed by atoms with Gasteiger partial charge in [-0.15, -0.1) is 0 Å². The topological polar surface area (TPSA) is 59.3 Å². The molecule has 0 bridgehead atoms. The highest BCUT2D eigenvalue weighted by atomic mass is 32.1. The minimum atomic E-state index is -1.12. The lowest BCUT2D eigenvalue weighted by molar-refractivity contribution is 0.199. The zero-order valence-electron chi connectivity index (χ0n) is 4.27. The maximum absolute atomic E-state index is 10.3. The summed E-state index contributed by atoms with van der Waals surface area (Å²) >= 11 is 0.657. The minimum absolute atomic E-state index is 0.252. The average molecular weight is 145 g/mol. The lowest BCUT2D eigenvalue weighted by atomic mass is 10.7. The normalized spacial score (nSPS) is 9.33. The van der Waals surface area contributed by atoms with Crippen molar-refractivity contribution in [3.63, 3.8) is 0 Å². The lowest BCUT2D eigenvalue weighted by Gasteiger charge is -1.84. The van der Waals surface area contributed by atoms with E-state index >= 15 is 0 Å². The van der Waals surface area contributed by atoms with Gasteiger partial charge in [-0.2, -0.15) is 0 Å². The van der Waals surface area contributed by atoms with Crippen LogP contribution in [-0.2, 0) is 0 Å². The molecule has 0 radical (unpaired) electrons. The van der Waals surface area contributed by atoms with Crippen molar-refractivity contribution >= 4 is 17.6 Å². The summed E-state index contributed by atoms with van der Waals surface area (Å²) < 4.78 is 0.597. The monoisotopic (exact) mass is 145 g/mol. The van der Waals surface area contributed by atoms with Crippen LogP contribution >= 0.6 is 11.5 Å². The Morgan fingerprint density at radius 1 is 1.78 bits per heavy atom. The molecule has 9 heavy (non-hydrogen) atoms. The van der Waals surface area contributed by atoms with Crippen LogP contribution in [0, 0.1) is 0 Å². The van der Waals surface area contributed by atoms with Gasteiger partial charge in [0.25, 0.3) is 0 Å². The second kappa shape index (κ2) is 2.02. The number of carboxylic acid groups (broad SMARTS) is 1. The summed E-state index contributed by atoms with van der Waals surface area (Å²) in [5.74, 6) is 0. The Kier molecular flexibility index (Phi) is 1.35. The molecule has 0 amide bonds. The van der Waals surface area contributed by atoms with Crippen molar-refractivity contribution in [1.29, 1.82) is 0 Å². The van der Waals surface area contributed by atoms with E-state index in [-0.39, 0.29) is 4.74 Å². The van der Waals surface area contributed by atoms with E-state index in [4.69, 9.17) is 5.11 Å². The molecule has 0 saturated heterocycles. The zero-order valence-corrected chi connectivity index (χ0v) is 5.09. The van der Waals surface area contributed by atoms with Gasteiger partial charge < -0.3 is 5.11 Å². The molecule has 0 spiro atoms. The maximum atomic E-state index is 10.3. The number of rotatable bonds is 0. The molecular formula is C4H3NO3S. The third-order valence-electron chi connectivity index (χ3n) is 0.723. The third-order valence-corrected chi connectivity index (χ3v) is 1.51. The summed E-state index contributed by atoms with van der Waals surface area (Å²) in [5, 5.41) is 8.23. The molecule has 4 nitrogen and oxygen atoms in total. The summed E-state index contributed by atoms with van der Waals surface area (Å²) in [4.78, 5) is 20.4. The summed E-state index contributed by atoms with van der Waals surface area (Å²) in [5.41, 5.74) is 0. The number of nitrogens with zero attached hydrogens (tertiary/aromatic N) is 1. The Hall–Kier alpha value is -1.10. The quantitative estimate of drug-likeness (QED) is 0.576. The predicted octanol–water partition coefficient (Wildman–Crippen LogP) is 0.436. The van der Waals surface area contributed by atoms with E-state index in [2.05, 4.69) is 0 Å². The molecule has 0 aliphatic rings. The first-order valence-corrected chi connectivity index (χ1v) is 2.90. The fourth-order valence-electron chi connectivity index (χ4n) is 0.389. The molecule has 0 atom stereocenters. The molecular weight excluding hydrogens is 142 g/mol. The largest absolute Gasteiger partial charge is 0.464 e. The lowest BCUT2D eigenvalue weighted by Crippen LogP contribution is -2.01. The summed E-state index contributed by atoms with van der Waals surface area (Å²) in [6, 6.07) is 1.21. The van der Waals surface area contributed by atoms with Crippen molar-refractivity contribution < 1.29 is 9.90 Å². The van der Waals surface area contributed by atoms with E-state index in [0.717, 1.165) is 3.96 Å². The van der Waals surface area contributed by atoms with Crippen LogP contribution in [0.15, 0.2) is 17.1 Å². The highest BCUT2D eigenvalue weighted by Gasteiger charge is 1.98. The van der Waals surface area contributed by atoms with Crippen LogP contribution in [-0.4, -0.2) is 15.2 Å². The third kappa shape index (κ3) is 1.17. The van der Waals surface area contributed by atoms with Crippen LogP contribution < -0.4 is 4.74 Å². The average Bonchev–Trinajstić information content (AvgIpc) is 2.14. The van der Waals surface area contributed by atoms with Crippen molar-refractivity contribution in [3.8, 4) is 0 Å².